The highest BCUT2D eigenvalue weighted by Crippen LogP contribution is 2.19. The van der Waals surface area contributed by atoms with Crippen molar-refractivity contribution in [1.82, 2.24) is 4.90 Å². The van der Waals surface area contributed by atoms with Crippen molar-refractivity contribution in [3.8, 4) is 0 Å². The zero-order valence-corrected chi connectivity index (χ0v) is 13.5. The topological polar surface area (TPSA) is 49.8 Å². The molecule has 1 amide bonds. The van der Waals surface area contributed by atoms with Gasteiger partial charge in [-0.1, -0.05) is 51.1 Å². The number of aliphatic hydroxyl groups excluding tert-OH is 1. The smallest absolute Gasteiger partial charge is 0.410 e. The fourth-order valence-corrected chi connectivity index (χ4v) is 1.86. The molecule has 1 aromatic rings. The lowest BCUT2D eigenvalue weighted by atomic mass is 9.92. The van der Waals surface area contributed by atoms with Gasteiger partial charge in [-0.25, -0.2) is 4.79 Å². The van der Waals surface area contributed by atoms with E-state index < -0.39 is 6.10 Å². The fraction of sp³-hybridized carbons (Fsp3) is 0.588. The van der Waals surface area contributed by atoms with Crippen molar-refractivity contribution in [2.24, 2.45) is 5.41 Å². The van der Waals surface area contributed by atoms with E-state index in [1.165, 1.54) is 0 Å². The average Bonchev–Trinajstić information content (AvgIpc) is 2.40. The van der Waals surface area contributed by atoms with E-state index in [4.69, 9.17) is 4.74 Å². The second-order valence-corrected chi connectivity index (χ2v) is 6.65. The lowest BCUT2D eigenvalue weighted by molar-refractivity contribution is 0.0691. The largest absolute Gasteiger partial charge is 0.445 e. The van der Waals surface area contributed by atoms with Gasteiger partial charge in [-0.3, -0.25) is 0 Å². The first-order chi connectivity index (χ1) is 9.78. The Bertz CT molecular complexity index is 423. The summed E-state index contributed by atoms with van der Waals surface area (Å²) >= 11 is 0. The van der Waals surface area contributed by atoms with Gasteiger partial charge in [0.25, 0.3) is 0 Å². The quantitative estimate of drug-likeness (QED) is 0.874. The Balaban J connectivity index is 2.54. The zero-order chi connectivity index (χ0) is 15.9. The second-order valence-electron chi connectivity index (χ2n) is 6.65. The minimum atomic E-state index is -0.561. The normalized spacial score (nSPS) is 12.8. The maximum Gasteiger partial charge on any atom is 0.410 e. The van der Waals surface area contributed by atoms with E-state index in [9.17, 15) is 9.90 Å². The SMILES string of the molecule is CC(O)CN(CCC(C)(C)C)C(=O)OCc1ccccc1. The molecule has 1 rings (SSSR count). The molecular formula is C17H27NO3. The molecule has 0 bridgehead atoms. The molecule has 0 spiro atoms. The molecule has 1 unspecified atom stereocenters. The third kappa shape index (κ3) is 7.71. The highest BCUT2D eigenvalue weighted by atomic mass is 16.6. The van der Waals surface area contributed by atoms with Gasteiger partial charge >= 0.3 is 6.09 Å². The first-order valence-electron chi connectivity index (χ1n) is 7.41. The third-order valence-corrected chi connectivity index (χ3v) is 3.08. The summed E-state index contributed by atoms with van der Waals surface area (Å²) in [5.41, 5.74) is 1.09. The summed E-state index contributed by atoms with van der Waals surface area (Å²) in [6.07, 6.45) is -0.0709. The molecule has 1 aromatic carbocycles. The molecule has 1 atom stereocenters. The molecule has 1 N–H and O–H groups in total. The number of nitrogens with zero attached hydrogens (tertiary/aromatic N) is 1. The number of amides is 1. The van der Waals surface area contributed by atoms with Crippen molar-refractivity contribution in [1.29, 1.82) is 0 Å². The van der Waals surface area contributed by atoms with Crippen LogP contribution in [0.4, 0.5) is 4.79 Å². The Hall–Kier alpha value is -1.55. The van der Waals surface area contributed by atoms with E-state index >= 15 is 0 Å². The van der Waals surface area contributed by atoms with Crippen LogP contribution in [0.1, 0.15) is 39.7 Å². The summed E-state index contributed by atoms with van der Waals surface area (Å²) < 4.78 is 5.33. The van der Waals surface area contributed by atoms with Crippen LogP contribution >= 0.6 is 0 Å². The molecule has 0 heterocycles. The van der Waals surface area contributed by atoms with Crippen LogP contribution in [0.25, 0.3) is 0 Å². The Labute approximate surface area is 127 Å². The van der Waals surface area contributed by atoms with E-state index in [1.807, 2.05) is 30.3 Å². The first-order valence-corrected chi connectivity index (χ1v) is 7.41. The number of aliphatic hydroxyl groups is 1. The maximum atomic E-state index is 12.2. The Morgan fingerprint density at radius 3 is 2.43 bits per heavy atom. The summed E-state index contributed by atoms with van der Waals surface area (Å²) in [6.45, 7) is 9.19. The lowest BCUT2D eigenvalue weighted by Crippen LogP contribution is -2.38. The van der Waals surface area contributed by atoms with Crippen LogP contribution in [0.3, 0.4) is 0 Å². The highest BCUT2D eigenvalue weighted by Gasteiger charge is 2.20. The van der Waals surface area contributed by atoms with Gasteiger partial charge in [0.15, 0.2) is 0 Å². The van der Waals surface area contributed by atoms with Gasteiger partial charge in [0.2, 0.25) is 0 Å². The van der Waals surface area contributed by atoms with Crippen molar-refractivity contribution in [3.05, 3.63) is 35.9 Å². The van der Waals surface area contributed by atoms with Crippen LogP contribution in [0, 0.1) is 5.41 Å². The Kier molecular flexibility index (Phi) is 6.69. The predicted octanol–water partition coefficient (Wildman–Crippen LogP) is 3.44. The molecule has 4 nitrogen and oxygen atoms in total. The summed E-state index contributed by atoms with van der Waals surface area (Å²) in [5.74, 6) is 0. The molecule has 0 saturated heterocycles. The number of benzene rings is 1. The zero-order valence-electron chi connectivity index (χ0n) is 13.5. The molecular weight excluding hydrogens is 266 g/mol. The van der Waals surface area contributed by atoms with Crippen LogP contribution in [0.2, 0.25) is 0 Å². The van der Waals surface area contributed by atoms with E-state index in [2.05, 4.69) is 20.8 Å². The molecule has 0 radical (unpaired) electrons. The summed E-state index contributed by atoms with van der Waals surface area (Å²) in [7, 11) is 0. The Morgan fingerprint density at radius 2 is 1.90 bits per heavy atom. The van der Waals surface area contributed by atoms with E-state index in [1.54, 1.807) is 11.8 Å². The lowest BCUT2D eigenvalue weighted by Gasteiger charge is -2.27. The van der Waals surface area contributed by atoms with Gasteiger partial charge in [0, 0.05) is 13.1 Å². The third-order valence-electron chi connectivity index (χ3n) is 3.08. The first kappa shape index (κ1) is 17.5. The monoisotopic (exact) mass is 293 g/mol. The van der Waals surface area contributed by atoms with Crippen LogP contribution < -0.4 is 0 Å². The van der Waals surface area contributed by atoms with Crippen LogP contribution in [-0.4, -0.2) is 35.3 Å². The Morgan fingerprint density at radius 1 is 1.29 bits per heavy atom. The maximum absolute atomic E-state index is 12.2. The molecule has 4 heteroatoms. The van der Waals surface area contributed by atoms with E-state index in [0.29, 0.717) is 13.1 Å². The molecule has 118 valence electrons. The number of hydrogen-bond acceptors (Lipinski definition) is 3. The van der Waals surface area contributed by atoms with Crippen molar-refractivity contribution in [2.45, 2.75) is 46.8 Å². The number of hydrogen-bond donors (Lipinski definition) is 1. The van der Waals surface area contributed by atoms with E-state index in [-0.39, 0.29) is 18.1 Å². The highest BCUT2D eigenvalue weighted by molar-refractivity contribution is 5.67. The summed E-state index contributed by atoms with van der Waals surface area (Å²) in [5, 5.41) is 9.54. The van der Waals surface area contributed by atoms with Crippen molar-refractivity contribution in [2.75, 3.05) is 13.1 Å². The second kappa shape index (κ2) is 8.03. The number of carbonyl (C=O) groups is 1. The molecule has 0 aromatic heterocycles. The standard InChI is InChI=1S/C17H27NO3/c1-14(19)12-18(11-10-17(2,3)4)16(20)21-13-15-8-6-5-7-9-15/h5-9,14,19H,10-13H2,1-4H3. The minimum absolute atomic E-state index is 0.136. The van der Waals surface area contributed by atoms with Crippen molar-refractivity contribution < 1.29 is 14.6 Å². The summed E-state index contributed by atoms with van der Waals surface area (Å²) in [4.78, 5) is 13.7. The average molecular weight is 293 g/mol. The van der Waals surface area contributed by atoms with Gasteiger partial charge in [-0.15, -0.1) is 0 Å². The minimum Gasteiger partial charge on any atom is -0.445 e. The van der Waals surface area contributed by atoms with Gasteiger partial charge in [-0.2, -0.15) is 0 Å². The van der Waals surface area contributed by atoms with Crippen LogP contribution in [-0.2, 0) is 11.3 Å². The van der Waals surface area contributed by atoms with E-state index in [0.717, 1.165) is 12.0 Å². The van der Waals surface area contributed by atoms with Gasteiger partial charge in [-0.05, 0) is 24.3 Å². The van der Waals surface area contributed by atoms with Crippen LogP contribution in [0.5, 0.6) is 0 Å². The van der Waals surface area contributed by atoms with Gasteiger partial charge < -0.3 is 14.7 Å². The summed E-state index contributed by atoms with van der Waals surface area (Å²) in [6, 6.07) is 9.59. The molecule has 0 aliphatic rings. The van der Waals surface area contributed by atoms with Crippen molar-refractivity contribution in [3.63, 3.8) is 0 Å². The van der Waals surface area contributed by atoms with Crippen molar-refractivity contribution >= 4 is 6.09 Å². The number of carbonyl (C=O) groups excluding carboxylic acids is 1. The molecule has 0 aliphatic heterocycles. The molecule has 0 fully saturated rings. The molecule has 21 heavy (non-hydrogen) atoms. The van der Waals surface area contributed by atoms with Gasteiger partial charge in [0.1, 0.15) is 6.61 Å². The van der Waals surface area contributed by atoms with Gasteiger partial charge in [0.05, 0.1) is 6.10 Å². The molecule has 0 saturated carbocycles. The number of rotatable bonds is 6. The number of ether oxygens (including phenoxy) is 1. The fourth-order valence-electron chi connectivity index (χ4n) is 1.86. The van der Waals surface area contributed by atoms with Crippen LogP contribution in [0.15, 0.2) is 30.3 Å². The molecule has 0 aliphatic carbocycles. The predicted molar refractivity (Wildman–Crippen MR) is 84.0 cm³/mol.